The summed E-state index contributed by atoms with van der Waals surface area (Å²) in [7, 11) is 0. The molecule has 2 aromatic rings. The molecule has 0 fully saturated rings. The van der Waals surface area contributed by atoms with E-state index in [2.05, 4.69) is 68.9 Å². The van der Waals surface area contributed by atoms with Crippen molar-refractivity contribution in [1.29, 1.82) is 0 Å². The van der Waals surface area contributed by atoms with Crippen molar-refractivity contribution in [3.63, 3.8) is 0 Å². The van der Waals surface area contributed by atoms with E-state index in [0.29, 0.717) is 5.56 Å². The Labute approximate surface area is 153 Å². The standard InChI is InChI=1S/C21H26BrNO/c1-20(2,3)15-11-14(12-16(13-15)21(4,5)6)19(24)23-18-10-8-7-9-17(18)22/h7-13H,1-6H3,(H,23,24). The zero-order chi connectivity index (χ0) is 18.1. The average molecular weight is 388 g/mol. The van der Waals surface area contributed by atoms with E-state index in [1.165, 1.54) is 11.1 Å². The lowest BCUT2D eigenvalue weighted by atomic mass is 9.79. The van der Waals surface area contributed by atoms with Crippen LogP contribution in [0.2, 0.25) is 0 Å². The lowest BCUT2D eigenvalue weighted by Gasteiger charge is -2.26. The first-order valence-electron chi connectivity index (χ1n) is 8.20. The molecule has 0 spiro atoms. The summed E-state index contributed by atoms with van der Waals surface area (Å²) in [4.78, 5) is 12.8. The Hall–Kier alpha value is -1.61. The van der Waals surface area contributed by atoms with Gasteiger partial charge in [0.25, 0.3) is 5.91 Å². The summed E-state index contributed by atoms with van der Waals surface area (Å²) in [6.45, 7) is 13.0. The molecule has 0 aliphatic rings. The maximum atomic E-state index is 12.8. The number of rotatable bonds is 2. The molecule has 1 N–H and O–H groups in total. The predicted molar refractivity (Wildman–Crippen MR) is 106 cm³/mol. The van der Waals surface area contributed by atoms with Crippen molar-refractivity contribution in [2.24, 2.45) is 0 Å². The molecule has 0 bridgehead atoms. The molecule has 0 saturated carbocycles. The van der Waals surface area contributed by atoms with Gasteiger partial charge in [-0.05, 0) is 62.2 Å². The van der Waals surface area contributed by atoms with Crippen molar-refractivity contribution in [1.82, 2.24) is 0 Å². The van der Waals surface area contributed by atoms with Gasteiger partial charge < -0.3 is 5.32 Å². The van der Waals surface area contributed by atoms with Crippen LogP contribution in [0.25, 0.3) is 0 Å². The van der Waals surface area contributed by atoms with Crippen LogP contribution in [0, 0.1) is 0 Å². The third-order valence-corrected chi connectivity index (χ3v) is 4.74. The van der Waals surface area contributed by atoms with Gasteiger partial charge >= 0.3 is 0 Å². The lowest BCUT2D eigenvalue weighted by Crippen LogP contribution is -2.20. The first-order valence-corrected chi connectivity index (χ1v) is 9.00. The van der Waals surface area contributed by atoms with Crippen LogP contribution in [0.4, 0.5) is 5.69 Å². The van der Waals surface area contributed by atoms with E-state index in [9.17, 15) is 4.79 Å². The van der Waals surface area contributed by atoms with Crippen molar-refractivity contribution in [3.05, 3.63) is 63.6 Å². The highest BCUT2D eigenvalue weighted by atomic mass is 79.9. The van der Waals surface area contributed by atoms with Gasteiger partial charge in [0.15, 0.2) is 0 Å². The second kappa shape index (κ2) is 6.72. The molecule has 24 heavy (non-hydrogen) atoms. The van der Waals surface area contributed by atoms with E-state index in [1.807, 2.05) is 36.4 Å². The van der Waals surface area contributed by atoms with E-state index in [1.54, 1.807) is 0 Å². The van der Waals surface area contributed by atoms with Crippen LogP contribution in [0.1, 0.15) is 63.0 Å². The summed E-state index contributed by atoms with van der Waals surface area (Å²) in [6, 6.07) is 13.9. The first-order chi connectivity index (χ1) is 11.0. The van der Waals surface area contributed by atoms with E-state index in [4.69, 9.17) is 0 Å². The van der Waals surface area contributed by atoms with Gasteiger partial charge in [-0.1, -0.05) is 59.7 Å². The number of anilines is 1. The maximum Gasteiger partial charge on any atom is 0.255 e. The zero-order valence-corrected chi connectivity index (χ0v) is 16.9. The van der Waals surface area contributed by atoms with Crippen molar-refractivity contribution in [3.8, 4) is 0 Å². The number of carbonyl (C=O) groups excluding carboxylic acids is 1. The Morgan fingerprint density at radius 2 is 1.38 bits per heavy atom. The highest BCUT2D eigenvalue weighted by Crippen LogP contribution is 2.31. The molecular weight excluding hydrogens is 362 g/mol. The zero-order valence-electron chi connectivity index (χ0n) is 15.3. The van der Waals surface area contributed by atoms with Gasteiger partial charge in [-0.3, -0.25) is 4.79 Å². The largest absolute Gasteiger partial charge is 0.321 e. The molecule has 0 heterocycles. The number of amides is 1. The number of hydrogen-bond donors (Lipinski definition) is 1. The monoisotopic (exact) mass is 387 g/mol. The summed E-state index contributed by atoms with van der Waals surface area (Å²) < 4.78 is 0.876. The molecule has 0 atom stereocenters. The molecule has 128 valence electrons. The average Bonchev–Trinajstić information content (AvgIpc) is 2.47. The molecule has 2 aromatic carbocycles. The minimum absolute atomic E-state index is 0.0103. The molecule has 2 nitrogen and oxygen atoms in total. The highest BCUT2D eigenvalue weighted by molar-refractivity contribution is 9.10. The van der Waals surface area contributed by atoms with E-state index >= 15 is 0 Å². The highest BCUT2D eigenvalue weighted by Gasteiger charge is 2.22. The van der Waals surface area contributed by atoms with Crippen LogP contribution in [-0.2, 0) is 10.8 Å². The fourth-order valence-electron chi connectivity index (χ4n) is 2.38. The van der Waals surface area contributed by atoms with Crippen molar-refractivity contribution in [2.75, 3.05) is 5.32 Å². The number of halogens is 1. The number of para-hydroxylation sites is 1. The molecule has 0 aromatic heterocycles. The summed E-state index contributed by atoms with van der Waals surface area (Å²) in [5, 5.41) is 3.00. The fourth-order valence-corrected chi connectivity index (χ4v) is 2.77. The molecular formula is C21H26BrNO. The van der Waals surface area contributed by atoms with Gasteiger partial charge in [-0.2, -0.15) is 0 Å². The quantitative estimate of drug-likeness (QED) is 0.643. The van der Waals surface area contributed by atoms with E-state index in [-0.39, 0.29) is 16.7 Å². The molecule has 0 aliphatic heterocycles. The SMILES string of the molecule is CC(C)(C)c1cc(C(=O)Nc2ccccc2Br)cc(C(C)(C)C)c1. The normalized spacial score (nSPS) is 12.1. The van der Waals surface area contributed by atoms with Gasteiger partial charge in [0.1, 0.15) is 0 Å². The second-order valence-electron chi connectivity index (χ2n) is 8.23. The Bertz CT molecular complexity index is 719. The first kappa shape index (κ1) is 18.7. The number of nitrogens with one attached hydrogen (secondary N) is 1. The van der Waals surface area contributed by atoms with E-state index < -0.39 is 0 Å². The summed E-state index contributed by atoms with van der Waals surface area (Å²) in [6.07, 6.45) is 0. The third kappa shape index (κ3) is 4.47. The fraction of sp³-hybridized carbons (Fsp3) is 0.381. The molecule has 0 unspecified atom stereocenters. The minimum Gasteiger partial charge on any atom is -0.321 e. The molecule has 2 rings (SSSR count). The van der Waals surface area contributed by atoms with Crippen LogP contribution in [0.3, 0.4) is 0 Å². The third-order valence-electron chi connectivity index (χ3n) is 4.05. The number of benzene rings is 2. The minimum atomic E-state index is -0.0847. The van der Waals surface area contributed by atoms with Crippen molar-refractivity contribution >= 4 is 27.5 Å². The van der Waals surface area contributed by atoms with Crippen LogP contribution in [0.5, 0.6) is 0 Å². The molecule has 3 heteroatoms. The van der Waals surface area contributed by atoms with Gasteiger partial charge in [0.2, 0.25) is 0 Å². The summed E-state index contributed by atoms with van der Waals surface area (Å²) >= 11 is 3.48. The van der Waals surface area contributed by atoms with Gasteiger partial charge in [-0.15, -0.1) is 0 Å². The topological polar surface area (TPSA) is 29.1 Å². The van der Waals surface area contributed by atoms with Crippen LogP contribution in [-0.4, -0.2) is 5.91 Å². The summed E-state index contributed by atoms with van der Waals surface area (Å²) in [5.41, 5.74) is 3.80. The Kier molecular flexibility index (Phi) is 5.24. The predicted octanol–water partition coefficient (Wildman–Crippen LogP) is 6.30. The van der Waals surface area contributed by atoms with Gasteiger partial charge in [-0.25, -0.2) is 0 Å². The number of hydrogen-bond acceptors (Lipinski definition) is 1. The van der Waals surface area contributed by atoms with Crippen molar-refractivity contribution < 1.29 is 4.79 Å². The Balaban J connectivity index is 2.45. The van der Waals surface area contributed by atoms with Gasteiger partial charge in [0, 0.05) is 10.0 Å². The summed E-state index contributed by atoms with van der Waals surface area (Å²) in [5.74, 6) is -0.0847. The Morgan fingerprint density at radius 3 is 1.83 bits per heavy atom. The molecule has 1 amide bonds. The second-order valence-corrected chi connectivity index (χ2v) is 9.09. The van der Waals surface area contributed by atoms with Crippen LogP contribution in [0.15, 0.2) is 46.9 Å². The van der Waals surface area contributed by atoms with Gasteiger partial charge in [0.05, 0.1) is 5.69 Å². The molecule has 0 radical (unpaired) electrons. The number of carbonyl (C=O) groups is 1. The van der Waals surface area contributed by atoms with E-state index in [0.717, 1.165) is 10.2 Å². The smallest absolute Gasteiger partial charge is 0.255 e. The van der Waals surface area contributed by atoms with Crippen LogP contribution < -0.4 is 5.32 Å². The maximum absolute atomic E-state index is 12.8. The molecule has 0 aliphatic carbocycles. The van der Waals surface area contributed by atoms with Crippen molar-refractivity contribution in [2.45, 2.75) is 52.4 Å². The molecule has 0 saturated heterocycles. The van der Waals surface area contributed by atoms with Crippen LogP contribution >= 0.6 is 15.9 Å². The lowest BCUT2D eigenvalue weighted by molar-refractivity contribution is 0.102. The Morgan fingerprint density at radius 1 is 0.875 bits per heavy atom.